The average molecular weight is 412 g/mol. The number of benzene rings is 2. The molecule has 0 unspecified atom stereocenters. The first kappa shape index (κ1) is 22.2. The minimum absolute atomic E-state index is 0.0524. The lowest BCUT2D eigenvalue weighted by Gasteiger charge is -2.16. The summed E-state index contributed by atoms with van der Waals surface area (Å²) in [6.45, 7) is 6.68. The number of methoxy groups -OCH3 is 1. The Morgan fingerprint density at radius 1 is 0.833 bits per heavy atom. The van der Waals surface area contributed by atoms with Gasteiger partial charge in [0.15, 0.2) is 11.5 Å². The van der Waals surface area contributed by atoms with Gasteiger partial charge in [-0.1, -0.05) is 55.6 Å². The normalized spacial score (nSPS) is 9.77. The van der Waals surface area contributed by atoms with Crippen LogP contribution < -0.4 is 14.2 Å². The molecule has 0 saturated carbocycles. The highest BCUT2D eigenvalue weighted by molar-refractivity contribution is 6.13. The molecule has 0 bridgehead atoms. The van der Waals surface area contributed by atoms with Crippen LogP contribution in [0.3, 0.4) is 0 Å². The highest BCUT2D eigenvalue weighted by atomic mass is 16.7. The molecule has 0 radical (unpaired) electrons. The smallest absolute Gasteiger partial charge is 0.493 e. The molecule has 0 atom stereocenters. The van der Waals surface area contributed by atoms with Crippen LogP contribution in [0, 0.1) is 0 Å². The fourth-order valence-electron chi connectivity index (χ4n) is 2.33. The van der Waals surface area contributed by atoms with E-state index in [1.54, 1.807) is 30.3 Å². The summed E-state index contributed by atoms with van der Waals surface area (Å²) in [4.78, 5) is 37.2. The van der Waals surface area contributed by atoms with E-state index in [0.717, 1.165) is 0 Å². The first-order valence-corrected chi connectivity index (χ1v) is 8.73. The van der Waals surface area contributed by atoms with Crippen molar-refractivity contribution >= 4 is 18.1 Å². The van der Waals surface area contributed by atoms with Crippen molar-refractivity contribution in [3.63, 3.8) is 0 Å². The Kier molecular flexibility index (Phi) is 8.19. The SMILES string of the molecule is C=CCOC(=O)Oc1ccc(OC)c(OC(=O)OCC=C)c1C(=O)c1ccccc1. The van der Waals surface area contributed by atoms with Gasteiger partial charge in [0.25, 0.3) is 0 Å². The van der Waals surface area contributed by atoms with E-state index >= 15 is 0 Å². The molecule has 0 heterocycles. The number of carbonyl (C=O) groups is 3. The van der Waals surface area contributed by atoms with Crippen LogP contribution in [-0.4, -0.2) is 38.4 Å². The number of carbonyl (C=O) groups excluding carboxylic acids is 3. The van der Waals surface area contributed by atoms with Crippen molar-refractivity contribution < 1.29 is 38.1 Å². The van der Waals surface area contributed by atoms with Crippen molar-refractivity contribution in [2.24, 2.45) is 0 Å². The van der Waals surface area contributed by atoms with Crippen LogP contribution in [0.4, 0.5) is 9.59 Å². The minimum Gasteiger partial charge on any atom is -0.493 e. The Morgan fingerprint density at radius 2 is 1.40 bits per heavy atom. The fourth-order valence-corrected chi connectivity index (χ4v) is 2.33. The fraction of sp³-hybridized carbons (Fsp3) is 0.136. The summed E-state index contributed by atoms with van der Waals surface area (Å²) in [6, 6.07) is 10.9. The summed E-state index contributed by atoms with van der Waals surface area (Å²) in [5.74, 6) is -0.983. The molecule has 0 aliphatic rings. The standard InChI is InChI=1S/C22H20O8/c1-4-13-27-21(24)29-16-11-12-17(26-3)20(30-22(25)28-14-5-2)18(16)19(23)15-9-7-6-8-10-15/h4-12H,1-2,13-14H2,3H3. The largest absolute Gasteiger partial charge is 0.514 e. The van der Waals surface area contributed by atoms with Crippen LogP contribution in [0.5, 0.6) is 17.2 Å². The molecule has 2 aromatic rings. The van der Waals surface area contributed by atoms with Gasteiger partial charge in [0.2, 0.25) is 5.78 Å². The van der Waals surface area contributed by atoms with Crippen LogP contribution in [0.2, 0.25) is 0 Å². The maximum Gasteiger partial charge on any atom is 0.514 e. The predicted octanol–water partition coefficient (Wildman–Crippen LogP) is 4.33. The van der Waals surface area contributed by atoms with Gasteiger partial charge in [0, 0.05) is 5.56 Å². The monoisotopic (exact) mass is 412 g/mol. The third-order valence-corrected chi connectivity index (χ3v) is 3.58. The van der Waals surface area contributed by atoms with Gasteiger partial charge in [-0.15, -0.1) is 0 Å². The van der Waals surface area contributed by atoms with E-state index in [9.17, 15) is 14.4 Å². The first-order chi connectivity index (χ1) is 14.5. The summed E-state index contributed by atoms with van der Waals surface area (Å²) in [5, 5.41) is 0. The summed E-state index contributed by atoms with van der Waals surface area (Å²) in [5.41, 5.74) is 0.0472. The third-order valence-electron chi connectivity index (χ3n) is 3.58. The zero-order chi connectivity index (χ0) is 21.9. The lowest BCUT2D eigenvalue weighted by atomic mass is 10.0. The molecule has 0 amide bonds. The number of ketones is 1. The summed E-state index contributed by atoms with van der Waals surface area (Å²) < 4.78 is 25.2. The second-order valence-electron chi connectivity index (χ2n) is 5.57. The van der Waals surface area contributed by atoms with Crippen LogP contribution in [0.15, 0.2) is 67.8 Å². The summed E-state index contributed by atoms with van der Waals surface area (Å²) in [6.07, 6.45) is 0.545. The molecule has 0 aliphatic carbocycles. The number of hydrogen-bond acceptors (Lipinski definition) is 8. The molecule has 0 spiro atoms. The molecule has 8 nitrogen and oxygen atoms in total. The molecular weight excluding hydrogens is 392 g/mol. The zero-order valence-corrected chi connectivity index (χ0v) is 16.3. The van der Waals surface area contributed by atoms with Gasteiger partial charge in [-0.3, -0.25) is 4.79 Å². The second-order valence-corrected chi connectivity index (χ2v) is 5.57. The summed E-state index contributed by atoms with van der Waals surface area (Å²) in [7, 11) is 1.33. The van der Waals surface area contributed by atoms with Gasteiger partial charge in [-0.05, 0) is 12.1 Å². The zero-order valence-electron chi connectivity index (χ0n) is 16.3. The van der Waals surface area contributed by atoms with Crippen molar-refractivity contribution in [3.05, 3.63) is 78.9 Å². The lowest BCUT2D eigenvalue weighted by Crippen LogP contribution is -2.17. The van der Waals surface area contributed by atoms with Crippen molar-refractivity contribution in [3.8, 4) is 17.2 Å². The van der Waals surface area contributed by atoms with Gasteiger partial charge < -0.3 is 23.7 Å². The van der Waals surface area contributed by atoms with E-state index < -0.39 is 18.1 Å². The molecule has 0 N–H and O–H groups in total. The molecule has 2 aromatic carbocycles. The highest BCUT2D eigenvalue weighted by Crippen LogP contribution is 2.39. The van der Waals surface area contributed by atoms with Gasteiger partial charge in [-0.2, -0.15) is 0 Å². The maximum absolute atomic E-state index is 13.2. The number of rotatable bonds is 9. The second kappa shape index (κ2) is 11.1. The number of ether oxygens (including phenoxy) is 5. The van der Waals surface area contributed by atoms with E-state index in [1.165, 1.54) is 31.4 Å². The molecule has 0 aliphatic heterocycles. The molecule has 0 saturated heterocycles. The maximum atomic E-state index is 13.2. The van der Waals surface area contributed by atoms with Crippen molar-refractivity contribution in [1.29, 1.82) is 0 Å². The topological polar surface area (TPSA) is 97.4 Å². The van der Waals surface area contributed by atoms with Gasteiger partial charge in [-0.25, -0.2) is 9.59 Å². The molecule has 0 aromatic heterocycles. The van der Waals surface area contributed by atoms with Crippen molar-refractivity contribution in [1.82, 2.24) is 0 Å². The third kappa shape index (κ3) is 5.71. The highest BCUT2D eigenvalue weighted by Gasteiger charge is 2.28. The van der Waals surface area contributed by atoms with E-state index in [-0.39, 0.29) is 41.6 Å². The molecule has 2 rings (SSSR count). The van der Waals surface area contributed by atoms with Gasteiger partial charge in [0.05, 0.1) is 7.11 Å². The van der Waals surface area contributed by atoms with Crippen LogP contribution in [0.1, 0.15) is 15.9 Å². The van der Waals surface area contributed by atoms with E-state index in [4.69, 9.17) is 23.7 Å². The molecule has 0 fully saturated rings. The molecule has 156 valence electrons. The Balaban J connectivity index is 2.55. The molecule has 30 heavy (non-hydrogen) atoms. The van der Waals surface area contributed by atoms with Crippen LogP contribution in [0.25, 0.3) is 0 Å². The Hall–Kier alpha value is -4.07. The van der Waals surface area contributed by atoms with E-state index in [2.05, 4.69) is 13.2 Å². The lowest BCUT2D eigenvalue weighted by molar-refractivity contribution is 0.0994. The van der Waals surface area contributed by atoms with Crippen molar-refractivity contribution in [2.45, 2.75) is 0 Å². The van der Waals surface area contributed by atoms with Crippen LogP contribution in [-0.2, 0) is 9.47 Å². The van der Waals surface area contributed by atoms with Gasteiger partial charge >= 0.3 is 12.3 Å². The Morgan fingerprint density at radius 3 is 1.97 bits per heavy atom. The first-order valence-electron chi connectivity index (χ1n) is 8.73. The molecule has 8 heteroatoms. The predicted molar refractivity (Wildman–Crippen MR) is 107 cm³/mol. The number of hydrogen-bond donors (Lipinski definition) is 0. The quantitative estimate of drug-likeness (QED) is 0.260. The summed E-state index contributed by atoms with van der Waals surface area (Å²) >= 11 is 0. The molecular formula is C22H20O8. The van der Waals surface area contributed by atoms with E-state index in [1.807, 2.05) is 0 Å². The minimum atomic E-state index is -1.10. The van der Waals surface area contributed by atoms with E-state index in [0.29, 0.717) is 0 Å². The Labute approximate surface area is 173 Å². The Bertz CT molecular complexity index is 934. The van der Waals surface area contributed by atoms with Crippen LogP contribution >= 0.6 is 0 Å². The average Bonchev–Trinajstić information content (AvgIpc) is 2.76. The van der Waals surface area contributed by atoms with Gasteiger partial charge in [0.1, 0.15) is 24.5 Å². The van der Waals surface area contributed by atoms with Crippen molar-refractivity contribution in [2.75, 3.05) is 20.3 Å².